The third-order valence-corrected chi connectivity index (χ3v) is 4.85. The SMILES string of the molecule is C=COc1ccc(-c2ccc(C(=O)c3ccc(OC(C)C(C)=O)c([N+](=O)[O-])c3)cc2)cc1. The highest BCUT2D eigenvalue weighted by molar-refractivity contribution is 6.09. The largest absolute Gasteiger partial charge is 0.476 e. The monoisotopic (exact) mass is 431 g/mol. The number of carbonyl (C=O) groups is 2. The number of benzene rings is 3. The first kappa shape index (κ1) is 22.4. The fourth-order valence-corrected chi connectivity index (χ4v) is 2.98. The molecule has 32 heavy (non-hydrogen) atoms. The van der Waals surface area contributed by atoms with Gasteiger partial charge in [0.1, 0.15) is 5.75 Å². The van der Waals surface area contributed by atoms with Crippen molar-refractivity contribution in [3.8, 4) is 22.6 Å². The number of ketones is 2. The summed E-state index contributed by atoms with van der Waals surface area (Å²) in [5.41, 5.74) is 2.01. The molecule has 162 valence electrons. The molecule has 0 amide bonds. The molecule has 0 aliphatic rings. The number of nitrogens with zero attached hydrogens (tertiary/aromatic N) is 1. The summed E-state index contributed by atoms with van der Waals surface area (Å²) in [7, 11) is 0. The summed E-state index contributed by atoms with van der Waals surface area (Å²) in [6.07, 6.45) is 0.516. The average Bonchev–Trinajstić information content (AvgIpc) is 2.79. The van der Waals surface area contributed by atoms with E-state index in [0.717, 1.165) is 17.2 Å². The Morgan fingerprint density at radius 2 is 1.53 bits per heavy atom. The maximum atomic E-state index is 12.9. The molecule has 0 aromatic heterocycles. The van der Waals surface area contributed by atoms with Crippen molar-refractivity contribution in [1.82, 2.24) is 0 Å². The zero-order valence-corrected chi connectivity index (χ0v) is 17.6. The van der Waals surface area contributed by atoms with Crippen LogP contribution in [0.3, 0.4) is 0 Å². The van der Waals surface area contributed by atoms with Crippen LogP contribution in [0, 0.1) is 10.1 Å². The minimum Gasteiger partial charge on any atom is -0.476 e. The quantitative estimate of drug-likeness (QED) is 0.196. The van der Waals surface area contributed by atoms with Crippen LogP contribution in [0.5, 0.6) is 11.5 Å². The van der Waals surface area contributed by atoms with Crippen molar-refractivity contribution in [3.63, 3.8) is 0 Å². The molecule has 0 saturated heterocycles. The fraction of sp³-hybridized carbons (Fsp3) is 0.120. The van der Waals surface area contributed by atoms with Gasteiger partial charge in [-0.2, -0.15) is 0 Å². The molecule has 7 nitrogen and oxygen atoms in total. The van der Waals surface area contributed by atoms with Gasteiger partial charge in [0.2, 0.25) is 0 Å². The molecule has 0 aliphatic carbocycles. The Hall–Kier alpha value is -4.26. The topological polar surface area (TPSA) is 95.7 Å². The maximum Gasteiger partial charge on any atom is 0.311 e. The lowest BCUT2D eigenvalue weighted by Crippen LogP contribution is -2.21. The van der Waals surface area contributed by atoms with Crippen molar-refractivity contribution in [2.75, 3.05) is 0 Å². The molecule has 0 aliphatic heterocycles. The molecule has 1 unspecified atom stereocenters. The molecule has 0 radical (unpaired) electrons. The van der Waals surface area contributed by atoms with Gasteiger partial charge >= 0.3 is 5.69 Å². The molecule has 3 rings (SSSR count). The summed E-state index contributed by atoms with van der Waals surface area (Å²) in [6.45, 7) is 6.36. The number of nitro groups is 1. The molecular formula is C25H21NO6. The van der Waals surface area contributed by atoms with Gasteiger partial charge in [0, 0.05) is 17.2 Å². The van der Waals surface area contributed by atoms with E-state index in [9.17, 15) is 19.7 Å². The van der Waals surface area contributed by atoms with E-state index < -0.39 is 11.0 Å². The fourth-order valence-electron chi connectivity index (χ4n) is 2.98. The summed E-state index contributed by atoms with van der Waals surface area (Å²) in [6, 6.07) is 18.3. The predicted molar refractivity (Wildman–Crippen MR) is 120 cm³/mol. The number of carbonyl (C=O) groups excluding carboxylic acids is 2. The number of Topliss-reactive ketones (excluding diaryl/α,β-unsaturated/α-hetero) is 1. The first-order chi connectivity index (χ1) is 15.3. The highest BCUT2D eigenvalue weighted by atomic mass is 16.6. The molecule has 7 heteroatoms. The highest BCUT2D eigenvalue weighted by Gasteiger charge is 2.22. The summed E-state index contributed by atoms with van der Waals surface area (Å²) in [5, 5.41) is 11.5. The molecule has 1 atom stereocenters. The first-order valence-electron chi connectivity index (χ1n) is 9.78. The van der Waals surface area contributed by atoms with Gasteiger partial charge in [-0.1, -0.05) is 43.0 Å². The van der Waals surface area contributed by atoms with Crippen LogP contribution in [-0.2, 0) is 4.79 Å². The van der Waals surface area contributed by atoms with Crippen LogP contribution >= 0.6 is 0 Å². The molecular weight excluding hydrogens is 410 g/mol. The Balaban J connectivity index is 1.83. The minimum atomic E-state index is -0.833. The van der Waals surface area contributed by atoms with E-state index in [4.69, 9.17) is 9.47 Å². The molecule has 0 spiro atoms. The van der Waals surface area contributed by atoms with Crippen LogP contribution in [-0.4, -0.2) is 22.6 Å². The lowest BCUT2D eigenvalue weighted by molar-refractivity contribution is -0.386. The Kier molecular flexibility index (Phi) is 6.80. The van der Waals surface area contributed by atoms with E-state index in [2.05, 4.69) is 6.58 Å². The number of nitro benzene ring substituents is 1. The van der Waals surface area contributed by atoms with Crippen molar-refractivity contribution in [1.29, 1.82) is 0 Å². The van der Waals surface area contributed by atoms with Crippen molar-refractivity contribution in [2.45, 2.75) is 20.0 Å². The predicted octanol–water partition coefficient (Wildman–Crippen LogP) is 5.37. The van der Waals surface area contributed by atoms with Gasteiger partial charge in [-0.3, -0.25) is 19.7 Å². The van der Waals surface area contributed by atoms with E-state index in [1.807, 2.05) is 24.3 Å². The van der Waals surface area contributed by atoms with E-state index in [-0.39, 0.29) is 28.6 Å². The summed E-state index contributed by atoms with van der Waals surface area (Å²) < 4.78 is 10.6. The summed E-state index contributed by atoms with van der Waals surface area (Å²) >= 11 is 0. The van der Waals surface area contributed by atoms with Gasteiger partial charge in [0.25, 0.3) is 0 Å². The smallest absolute Gasteiger partial charge is 0.311 e. The molecule has 0 saturated carbocycles. The Bertz CT molecular complexity index is 1170. The minimum absolute atomic E-state index is 0.0616. The van der Waals surface area contributed by atoms with Crippen LogP contribution in [0.4, 0.5) is 5.69 Å². The standard InChI is InChI=1S/C25H21NO6/c1-4-31-22-12-9-19(10-13-22)18-5-7-20(8-6-18)25(28)21-11-14-24(23(15-21)26(29)30)32-17(3)16(2)27/h4-15,17H,1H2,2-3H3. The zero-order valence-electron chi connectivity index (χ0n) is 17.6. The van der Waals surface area contributed by atoms with E-state index in [1.54, 1.807) is 24.3 Å². The van der Waals surface area contributed by atoms with Gasteiger partial charge in [0.05, 0.1) is 11.2 Å². The summed E-state index contributed by atoms with van der Waals surface area (Å²) in [4.78, 5) is 35.1. The lowest BCUT2D eigenvalue weighted by atomic mass is 9.99. The Labute approximate surface area is 185 Å². The van der Waals surface area contributed by atoms with E-state index in [0.29, 0.717) is 11.3 Å². The van der Waals surface area contributed by atoms with Gasteiger partial charge in [-0.15, -0.1) is 0 Å². The van der Waals surface area contributed by atoms with Gasteiger partial charge in [-0.05, 0) is 49.2 Å². The Morgan fingerprint density at radius 3 is 2.06 bits per heavy atom. The van der Waals surface area contributed by atoms with Crippen LogP contribution in [0.1, 0.15) is 29.8 Å². The van der Waals surface area contributed by atoms with Crippen molar-refractivity contribution < 1.29 is 24.0 Å². The van der Waals surface area contributed by atoms with Crippen molar-refractivity contribution in [3.05, 3.63) is 101 Å². The number of hydrogen-bond donors (Lipinski definition) is 0. The third-order valence-electron chi connectivity index (χ3n) is 4.85. The second-order valence-electron chi connectivity index (χ2n) is 7.03. The second kappa shape index (κ2) is 9.70. The molecule has 3 aromatic rings. The normalized spacial score (nSPS) is 11.3. The van der Waals surface area contributed by atoms with Gasteiger partial charge in [-0.25, -0.2) is 0 Å². The van der Waals surface area contributed by atoms with Crippen LogP contribution in [0.15, 0.2) is 79.6 Å². The van der Waals surface area contributed by atoms with E-state index in [1.165, 1.54) is 32.2 Å². The third kappa shape index (κ3) is 5.07. The molecule has 0 N–H and O–H groups in total. The van der Waals surface area contributed by atoms with Crippen LogP contribution in [0.25, 0.3) is 11.1 Å². The molecule has 3 aromatic carbocycles. The van der Waals surface area contributed by atoms with E-state index >= 15 is 0 Å². The second-order valence-corrected chi connectivity index (χ2v) is 7.03. The van der Waals surface area contributed by atoms with Crippen LogP contribution < -0.4 is 9.47 Å². The number of ether oxygens (including phenoxy) is 2. The first-order valence-corrected chi connectivity index (χ1v) is 9.78. The van der Waals surface area contributed by atoms with Gasteiger partial charge in [0.15, 0.2) is 23.4 Å². The summed E-state index contributed by atoms with van der Waals surface area (Å²) in [5.74, 6) is -0.0151. The van der Waals surface area contributed by atoms with Crippen molar-refractivity contribution in [2.24, 2.45) is 0 Å². The molecule has 0 heterocycles. The molecule has 0 fully saturated rings. The van der Waals surface area contributed by atoms with Gasteiger partial charge < -0.3 is 9.47 Å². The lowest BCUT2D eigenvalue weighted by Gasteiger charge is -2.12. The molecule has 0 bridgehead atoms. The number of hydrogen-bond acceptors (Lipinski definition) is 6. The Morgan fingerprint density at radius 1 is 0.969 bits per heavy atom. The van der Waals surface area contributed by atoms with Crippen LogP contribution in [0.2, 0.25) is 0 Å². The highest BCUT2D eigenvalue weighted by Crippen LogP contribution is 2.30. The average molecular weight is 431 g/mol. The number of rotatable bonds is 9. The maximum absolute atomic E-state index is 12.9. The van der Waals surface area contributed by atoms with Crippen molar-refractivity contribution >= 4 is 17.3 Å². The zero-order chi connectivity index (χ0) is 23.3.